The molecule has 0 atom stereocenters. The van der Waals surface area contributed by atoms with Gasteiger partial charge in [0, 0.05) is 19.0 Å². The Bertz CT molecular complexity index is 899. The number of anilines is 1. The van der Waals surface area contributed by atoms with Crippen LogP contribution in [-0.2, 0) is 7.05 Å². The molecule has 6 rings (SSSR count). The third-order valence-corrected chi connectivity index (χ3v) is 6.97. The standard InChI is InChI=1S/C21H26N6/c1-27-19-17(11-25-27)3-2-4-18(19)26-20(24-13-22)23-12-21-8-14-5-15(9-21)7-16(6-14)10-21/h2-4,11,14-16H,5-10,12H2,1H3,(H2,23,24,26). The molecule has 0 saturated heterocycles. The van der Waals surface area contributed by atoms with Gasteiger partial charge in [0.2, 0.25) is 12.2 Å². The molecular formula is C21H26N6. The first kappa shape index (κ1) is 16.6. The van der Waals surface area contributed by atoms with E-state index in [2.05, 4.69) is 20.7 Å². The number of nitriles is 1. The maximum atomic E-state index is 9.17. The number of nitrogens with zero attached hydrogens (tertiary/aromatic N) is 4. The van der Waals surface area contributed by atoms with E-state index in [1.165, 1.54) is 38.5 Å². The van der Waals surface area contributed by atoms with Gasteiger partial charge in [-0.3, -0.25) is 4.68 Å². The van der Waals surface area contributed by atoms with Gasteiger partial charge in [0.25, 0.3) is 0 Å². The summed E-state index contributed by atoms with van der Waals surface area (Å²) in [5, 5.41) is 21.4. The molecule has 1 aromatic heterocycles. The van der Waals surface area contributed by atoms with Crippen LogP contribution in [-0.4, -0.2) is 22.3 Å². The van der Waals surface area contributed by atoms with Crippen LogP contribution in [0, 0.1) is 34.6 Å². The van der Waals surface area contributed by atoms with Gasteiger partial charge in [-0.2, -0.15) is 10.4 Å². The number of para-hydroxylation sites is 1. The molecule has 0 unspecified atom stereocenters. The third kappa shape index (κ3) is 2.95. The van der Waals surface area contributed by atoms with E-state index < -0.39 is 0 Å². The van der Waals surface area contributed by atoms with Gasteiger partial charge in [-0.05, 0) is 67.8 Å². The molecule has 0 aliphatic heterocycles. The topological polar surface area (TPSA) is 78.0 Å². The Balaban J connectivity index is 1.34. The third-order valence-electron chi connectivity index (χ3n) is 6.97. The van der Waals surface area contributed by atoms with Crippen molar-refractivity contribution in [1.82, 2.24) is 15.1 Å². The Morgan fingerprint density at radius 1 is 1.26 bits per heavy atom. The average molecular weight is 362 g/mol. The zero-order chi connectivity index (χ0) is 18.4. The molecule has 4 aliphatic rings. The summed E-state index contributed by atoms with van der Waals surface area (Å²) in [6.45, 7) is 0.908. The number of aliphatic imine (C=N–C) groups is 1. The van der Waals surface area contributed by atoms with Crippen LogP contribution in [0.4, 0.5) is 5.69 Å². The van der Waals surface area contributed by atoms with Crippen molar-refractivity contribution in [2.75, 3.05) is 11.9 Å². The summed E-state index contributed by atoms with van der Waals surface area (Å²) in [4.78, 5) is 4.03. The Kier molecular flexibility index (Phi) is 3.85. The summed E-state index contributed by atoms with van der Waals surface area (Å²) >= 11 is 0. The number of nitrogens with one attached hydrogen (secondary N) is 2. The Labute approximate surface area is 159 Å². The van der Waals surface area contributed by atoms with E-state index >= 15 is 0 Å². The fourth-order valence-electron chi connectivity index (χ4n) is 6.40. The van der Waals surface area contributed by atoms with Gasteiger partial charge >= 0.3 is 0 Å². The van der Waals surface area contributed by atoms with Gasteiger partial charge in [-0.15, -0.1) is 4.99 Å². The van der Waals surface area contributed by atoms with Crippen molar-refractivity contribution in [3.05, 3.63) is 24.4 Å². The summed E-state index contributed by atoms with van der Waals surface area (Å²) in [7, 11) is 1.93. The van der Waals surface area contributed by atoms with Gasteiger partial charge in [-0.1, -0.05) is 12.1 Å². The van der Waals surface area contributed by atoms with Crippen molar-refractivity contribution in [3.8, 4) is 6.19 Å². The van der Waals surface area contributed by atoms with Crippen LogP contribution in [0.5, 0.6) is 0 Å². The predicted octanol–water partition coefficient (Wildman–Crippen LogP) is 3.63. The molecule has 27 heavy (non-hydrogen) atoms. The lowest BCUT2D eigenvalue weighted by molar-refractivity contribution is -0.0491. The second-order valence-corrected chi connectivity index (χ2v) is 8.97. The minimum Gasteiger partial charge on any atom is -0.355 e. The number of aromatic nitrogens is 2. The van der Waals surface area contributed by atoms with Crippen molar-refractivity contribution in [3.63, 3.8) is 0 Å². The fourth-order valence-corrected chi connectivity index (χ4v) is 6.40. The Hall–Kier alpha value is -2.55. The van der Waals surface area contributed by atoms with Crippen LogP contribution in [0.3, 0.4) is 0 Å². The van der Waals surface area contributed by atoms with Gasteiger partial charge in [-0.25, -0.2) is 0 Å². The summed E-state index contributed by atoms with van der Waals surface area (Å²) < 4.78 is 1.85. The smallest absolute Gasteiger partial charge is 0.211 e. The molecule has 1 heterocycles. The van der Waals surface area contributed by atoms with E-state index in [-0.39, 0.29) is 0 Å². The maximum absolute atomic E-state index is 9.17. The maximum Gasteiger partial charge on any atom is 0.211 e. The highest BCUT2D eigenvalue weighted by Crippen LogP contribution is 2.59. The molecule has 0 spiro atoms. The van der Waals surface area contributed by atoms with Gasteiger partial charge in [0.05, 0.1) is 17.4 Å². The number of hydrogen-bond acceptors (Lipinski definition) is 3. The van der Waals surface area contributed by atoms with E-state index in [1.807, 2.05) is 42.3 Å². The molecule has 4 bridgehead atoms. The van der Waals surface area contributed by atoms with Crippen molar-refractivity contribution in [1.29, 1.82) is 5.26 Å². The molecule has 2 aromatic rings. The van der Waals surface area contributed by atoms with Crippen molar-refractivity contribution in [2.24, 2.45) is 35.2 Å². The monoisotopic (exact) mass is 362 g/mol. The van der Waals surface area contributed by atoms with E-state index in [9.17, 15) is 0 Å². The van der Waals surface area contributed by atoms with Crippen LogP contribution in [0.2, 0.25) is 0 Å². The van der Waals surface area contributed by atoms with Crippen LogP contribution < -0.4 is 10.6 Å². The lowest BCUT2D eigenvalue weighted by atomic mass is 9.49. The van der Waals surface area contributed by atoms with Crippen LogP contribution in [0.25, 0.3) is 10.9 Å². The van der Waals surface area contributed by atoms with Crippen LogP contribution in [0.15, 0.2) is 29.4 Å². The first-order chi connectivity index (χ1) is 13.1. The lowest BCUT2D eigenvalue weighted by Crippen LogP contribution is -2.51. The highest BCUT2D eigenvalue weighted by Gasteiger charge is 2.50. The first-order valence-electron chi connectivity index (χ1n) is 10.0. The number of aryl methyl sites for hydroxylation is 1. The highest BCUT2D eigenvalue weighted by molar-refractivity contribution is 6.02. The normalized spacial score (nSPS) is 31.9. The van der Waals surface area contributed by atoms with Gasteiger partial charge in [0.15, 0.2) is 0 Å². The van der Waals surface area contributed by atoms with Gasteiger partial charge in [0.1, 0.15) is 0 Å². The van der Waals surface area contributed by atoms with E-state index in [1.54, 1.807) is 0 Å². The first-order valence-corrected chi connectivity index (χ1v) is 10.0. The minimum atomic E-state index is 0.394. The largest absolute Gasteiger partial charge is 0.355 e. The molecule has 140 valence electrons. The van der Waals surface area contributed by atoms with Crippen LogP contribution in [0.1, 0.15) is 38.5 Å². The Morgan fingerprint density at radius 2 is 1.96 bits per heavy atom. The average Bonchev–Trinajstić information content (AvgIpc) is 3.01. The molecule has 6 heteroatoms. The van der Waals surface area contributed by atoms with E-state index in [0.717, 1.165) is 40.9 Å². The van der Waals surface area contributed by atoms with Crippen molar-refractivity contribution < 1.29 is 0 Å². The minimum absolute atomic E-state index is 0.394. The van der Waals surface area contributed by atoms with Gasteiger partial charge < -0.3 is 10.6 Å². The molecule has 1 aromatic carbocycles. The molecule has 2 N–H and O–H groups in total. The zero-order valence-corrected chi connectivity index (χ0v) is 15.8. The number of fused-ring (bicyclic) bond motifs is 1. The SMILES string of the molecule is Cn1ncc2cccc(NC(=NC#N)NCC34CC5CC(CC(C5)C3)C4)c21. The van der Waals surface area contributed by atoms with Crippen molar-refractivity contribution >= 4 is 22.5 Å². The summed E-state index contributed by atoms with van der Waals surface area (Å²) in [5.41, 5.74) is 2.32. The van der Waals surface area contributed by atoms with E-state index in [4.69, 9.17) is 5.26 Å². The summed E-state index contributed by atoms with van der Waals surface area (Å²) in [5.74, 6) is 3.31. The quantitative estimate of drug-likeness (QED) is 0.496. The highest BCUT2D eigenvalue weighted by atomic mass is 15.3. The Morgan fingerprint density at radius 3 is 2.63 bits per heavy atom. The number of hydrogen-bond donors (Lipinski definition) is 2. The molecule has 0 amide bonds. The zero-order valence-electron chi connectivity index (χ0n) is 15.8. The number of benzene rings is 1. The fraction of sp³-hybridized carbons (Fsp3) is 0.571. The van der Waals surface area contributed by atoms with Crippen LogP contribution >= 0.6 is 0 Å². The predicted molar refractivity (Wildman–Crippen MR) is 106 cm³/mol. The summed E-state index contributed by atoms with van der Waals surface area (Å²) in [6, 6.07) is 6.04. The number of guanidine groups is 1. The molecule has 0 radical (unpaired) electrons. The summed E-state index contributed by atoms with van der Waals surface area (Å²) in [6.07, 6.45) is 12.1. The number of rotatable bonds is 3. The molecule has 6 nitrogen and oxygen atoms in total. The second-order valence-electron chi connectivity index (χ2n) is 8.97. The lowest BCUT2D eigenvalue weighted by Gasteiger charge is -2.57. The molecule has 4 fully saturated rings. The molecule has 4 saturated carbocycles. The second kappa shape index (κ2) is 6.26. The molecular weight excluding hydrogens is 336 g/mol. The molecule has 4 aliphatic carbocycles. The van der Waals surface area contributed by atoms with E-state index in [0.29, 0.717) is 11.4 Å². The van der Waals surface area contributed by atoms with Crippen molar-refractivity contribution in [2.45, 2.75) is 38.5 Å².